The molecule has 0 radical (unpaired) electrons. The maximum absolute atomic E-state index is 10.8. The first-order valence-corrected chi connectivity index (χ1v) is 6.36. The third kappa shape index (κ3) is 1.77. The Labute approximate surface area is 111 Å². The van der Waals surface area contributed by atoms with Crippen LogP contribution in [0.15, 0.2) is 5.70 Å². The van der Waals surface area contributed by atoms with Crippen molar-refractivity contribution in [3.63, 3.8) is 0 Å². The minimum Gasteiger partial charge on any atom is -0.492 e. The van der Waals surface area contributed by atoms with Gasteiger partial charge in [-0.1, -0.05) is 0 Å². The van der Waals surface area contributed by atoms with Gasteiger partial charge in [0.15, 0.2) is 0 Å². The molecule has 0 aromatic heterocycles. The van der Waals surface area contributed by atoms with E-state index in [2.05, 4.69) is 6.92 Å². The number of nitrogens with zero attached hydrogens (tertiary/aromatic N) is 1. The highest BCUT2D eigenvalue weighted by atomic mass is 16.6. The molecule has 0 fully saturated rings. The lowest BCUT2D eigenvalue weighted by Crippen LogP contribution is -1.98. The van der Waals surface area contributed by atoms with Gasteiger partial charge in [-0.15, -0.1) is 0 Å². The van der Waals surface area contributed by atoms with E-state index in [1.165, 1.54) is 23.6 Å². The predicted molar refractivity (Wildman–Crippen MR) is 70.2 cm³/mol. The van der Waals surface area contributed by atoms with Crippen LogP contribution in [0.3, 0.4) is 0 Å². The number of fused-ring (bicyclic) bond motifs is 2. The second-order valence-corrected chi connectivity index (χ2v) is 4.89. The van der Waals surface area contributed by atoms with Crippen LogP contribution in [0, 0.1) is 17.0 Å². The minimum atomic E-state index is -0.386. The van der Waals surface area contributed by atoms with Crippen molar-refractivity contribution in [2.24, 2.45) is 0 Å². The van der Waals surface area contributed by atoms with Crippen LogP contribution in [0.1, 0.15) is 29.2 Å². The fourth-order valence-electron chi connectivity index (χ4n) is 2.79. The van der Waals surface area contributed by atoms with Crippen molar-refractivity contribution in [3.8, 4) is 11.5 Å². The Morgan fingerprint density at radius 1 is 1.21 bits per heavy atom. The summed E-state index contributed by atoms with van der Waals surface area (Å²) < 4.78 is 11.3. The maximum atomic E-state index is 10.8. The highest BCUT2D eigenvalue weighted by Crippen LogP contribution is 2.45. The molecule has 5 nitrogen and oxygen atoms in total. The van der Waals surface area contributed by atoms with E-state index in [1.807, 2.05) is 0 Å². The average Bonchev–Trinajstić information content (AvgIpc) is 3.02. The molecule has 0 saturated heterocycles. The van der Waals surface area contributed by atoms with E-state index in [0.717, 1.165) is 29.9 Å². The van der Waals surface area contributed by atoms with Crippen LogP contribution < -0.4 is 9.47 Å². The quantitative estimate of drug-likeness (QED) is 0.606. The van der Waals surface area contributed by atoms with Crippen molar-refractivity contribution in [3.05, 3.63) is 38.1 Å². The van der Waals surface area contributed by atoms with E-state index < -0.39 is 0 Å². The number of allylic oxidation sites excluding steroid dienone is 1. The number of hydrogen-bond acceptors (Lipinski definition) is 4. The second kappa shape index (κ2) is 4.26. The van der Waals surface area contributed by atoms with E-state index in [9.17, 15) is 10.1 Å². The Hall–Kier alpha value is -2.04. The van der Waals surface area contributed by atoms with Gasteiger partial charge in [0, 0.05) is 37.0 Å². The third-order valence-electron chi connectivity index (χ3n) is 3.78. The summed E-state index contributed by atoms with van der Waals surface area (Å²) in [6, 6.07) is 0. The Balaban J connectivity index is 2.25. The molecule has 2 heterocycles. The molecular weight excluding hydrogens is 246 g/mol. The zero-order valence-electron chi connectivity index (χ0n) is 11.0. The van der Waals surface area contributed by atoms with Crippen LogP contribution >= 0.6 is 0 Å². The van der Waals surface area contributed by atoms with Crippen LogP contribution in [0.2, 0.25) is 0 Å². The van der Waals surface area contributed by atoms with E-state index in [0.29, 0.717) is 13.2 Å². The summed E-state index contributed by atoms with van der Waals surface area (Å²) in [6.07, 6.45) is 3.30. The van der Waals surface area contributed by atoms with Crippen LogP contribution in [0.25, 0.3) is 6.08 Å². The Kier molecular flexibility index (Phi) is 2.69. The van der Waals surface area contributed by atoms with E-state index in [1.54, 1.807) is 6.08 Å². The van der Waals surface area contributed by atoms with Gasteiger partial charge in [0.05, 0.1) is 23.7 Å². The van der Waals surface area contributed by atoms with E-state index >= 15 is 0 Å². The van der Waals surface area contributed by atoms with Crippen LogP contribution in [0.4, 0.5) is 0 Å². The molecule has 19 heavy (non-hydrogen) atoms. The minimum absolute atomic E-state index is 0.0965. The van der Waals surface area contributed by atoms with E-state index in [-0.39, 0.29) is 10.6 Å². The van der Waals surface area contributed by atoms with Crippen LogP contribution in [-0.2, 0) is 12.8 Å². The zero-order chi connectivity index (χ0) is 13.6. The highest BCUT2D eigenvalue weighted by molar-refractivity contribution is 5.73. The van der Waals surface area contributed by atoms with Crippen molar-refractivity contribution in [1.82, 2.24) is 0 Å². The Morgan fingerprint density at radius 2 is 1.74 bits per heavy atom. The second-order valence-electron chi connectivity index (χ2n) is 4.89. The Bertz CT molecular complexity index is 569. The Morgan fingerprint density at radius 3 is 2.21 bits per heavy atom. The average molecular weight is 261 g/mol. The molecule has 5 heteroatoms. The lowest BCUT2D eigenvalue weighted by molar-refractivity contribution is -0.422. The molecule has 3 rings (SSSR count). The zero-order valence-corrected chi connectivity index (χ0v) is 11.0. The first-order chi connectivity index (χ1) is 9.09. The standard InChI is InChI=1S/C14H15NO4/c1-8(15(16)17)7-12-13-10(3-5-18-13)9(2)11-4-6-19-14(11)12/h7H,3-6H2,1-2H3/b8-7+. The molecule has 0 unspecified atom stereocenters. The van der Waals surface area contributed by atoms with Gasteiger partial charge in [0.25, 0.3) is 0 Å². The van der Waals surface area contributed by atoms with Gasteiger partial charge in [0.2, 0.25) is 5.70 Å². The van der Waals surface area contributed by atoms with Gasteiger partial charge in [0.1, 0.15) is 11.5 Å². The summed E-state index contributed by atoms with van der Waals surface area (Å²) in [6.45, 7) is 4.84. The molecule has 0 bridgehead atoms. The van der Waals surface area contributed by atoms with Crippen molar-refractivity contribution < 1.29 is 14.4 Å². The molecule has 0 N–H and O–H groups in total. The summed E-state index contributed by atoms with van der Waals surface area (Å²) in [5.41, 5.74) is 4.40. The van der Waals surface area contributed by atoms with Crippen molar-refractivity contribution in [1.29, 1.82) is 0 Å². The van der Waals surface area contributed by atoms with E-state index in [4.69, 9.17) is 9.47 Å². The lowest BCUT2D eigenvalue weighted by atomic mass is 9.94. The lowest BCUT2D eigenvalue weighted by Gasteiger charge is -2.13. The predicted octanol–water partition coefficient (Wildman–Crippen LogP) is 2.50. The van der Waals surface area contributed by atoms with Crippen LogP contribution in [-0.4, -0.2) is 18.1 Å². The molecule has 100 valence electrons. The fraction of sp³-hybridized carbons (Fsp3) is 0.429. The monoisotopic (exact) mass is 261 g/mol. The molecule has 0 saturated carbocycles. The first-order valence-electron chi connectivity index (χ1n) is 6.36. The number of rotatable bonds is 2. The van der Waals surface area contributed by atoms with Crippen molar-refractivity contribution in [2.75, 3.05) is 13.2 Å². The molecule has 1 aromatic carbocycles. The largest absolute Gasteiger partial charge is 0.492 e. The summed E-state index contributed by atoms with van der Waals surface area (Å²) in [4.78, 5) is 10.4. The molecule has 2 aliphatic rings. The molecule has 1 aromatic rings. The maximum Gasteiger partial charge on any atom is 0.244 e. The topological polar surface area (TPSA) is 61.6 Å². The molecule has 0 atom stereocenters. The molecular formula is C14H15NO4. The molecule has 0 aliphatic carbocycles. The normalized spacial score (nSPS) is 16.6. The SMILES string of the molecule is C/C(=C\c1c2c(c(C)c3c1OCC3)CCO2)[N+](=O)[O-]. The number of benzene rings is 1. The summed E-state index contributed by atoms with van der Waals surface area (Å²) in [5.74, 6) is 1.53. The smallest absolute Gasteiger partial charge is 0.244 e. The van der Waals surface area contributed by atoms with Gasteiger partial charge >= 0.3 is 0 Å². The van der Waals surface area contributed by atoms with Gasteiger partial charge in [-0.25, -0.2) is 0 Å². The molecule has 0 spiro atoms. The van der Waals surface area contributed by atoms with Crippen molar-refractivity contribution >= 4 is 6.08 Å². The fourth-order valence-corrected chi connectivity index (χ4v) is 2.79. The molecule has 2 aliphatic heterocycles. The molecule has 0 amide bonds. The summed E-state index contributed by atoms with van der Waals surface area (Å²) >= 11 is 0. The van der Waals surface area contributed by atoms with Gasteiger partial charge in [-0.05, 0) is 12.5 Å². The summed E-state index contributed by atoms with van der Waals surface area (Å²) in [5, 5.41) is 10.8. The van der Waals surface area contributed by atoms with Crippen molar-refractivity contribution in [2.45, 2.75) is 26.7 Å². The third-order valence-corrected chi connectivity index (χ3v) is 3.78. The highest BCUT2D eigenvalue weighted by Gasteiger charge is 2.29. The first kappa shape index (κ1) is 12.0. The van der Waals surface area contributed by atoms with Crippen LogP contribution in [0.5, 0.6) is 11.5 Å². The number of hydrogen-bond donors (Lipinski definition) is 0. The van der Waals surface area contributed by atoms with Gasteiger partial charge in [-0.2, -0.15) is 0 Å². The number of nitro groups is 1. The van der Waals surface area contributed by atoms with Gasteiger partial charge in [-0.3, -0.25) is 10.1 Å². The summed E-state index contributed by atoms with van der Waals surface area (Å²) in [7, 11) is 0. The number of ether oxygens (including phenoxy) is 2. The van der Waals surface area contributed by atoms with Gasteiger partial charge < -0.3 is 9.47 Å².